The number of rotatable bonds is 41. The van der Waals surface area contributed by atoms with E-state index in [1.807, 2.05) is 21.1 Å². The zero-order valence-electron chi connectivity index (χ0n) is 36.4. The molecule has 0 radical (unpaired) electrons. The summed E-state index contributed by atoms with van der Waals surface area (Å²) in [7, 11) is 1.65. The number of nitrogens with zero attached hydrogens (tertiary/aromatic N) is 1. The number of hydrogen-bond donors (Lipinski definition) is 1. The molecule has 0 aromatic rings. The summed E-state index contributed by atoms with van der Waals surface area (Å²) >= 11 is 0. The van der Waals surface area contributed by atoms with E-state index in [2.05, 4.69) is 62.5 Å². The average Bonchev–Trinajstić information content (AvgIpc) is 3.13. The predicted octanol–water partition coefficient (Wildman–Crippen LogP) is 13.2. The second kappa shape index (κ2) is 39.3. The second-order valence-corrected chi connectivity index (χ2v) is 17.5. The molecule has 0 spiro atoms. The van der Waals surface area contributed by atoms with Crippen molar-refractivity contribution in [3.63, 3.8) is 0 Å². The average molecular weight is 797 g/mol. The largest absolute Gasteiger partial charge is 0.472 e. The van der Waals surface area contributed by atoms with Gasteiger partial charge >= 0.3 is 13.8 Å². The van der Waals surface area contributed by atoms with E-state index in [1.165, 1.54) is 89.9 Å². The van der Waals surface area contributed by atoms with Gasteiger partial charge in [-0.25, -0.2) is 4.57 Å². The van der Waals surface area contributed by atoms with Crippen molar-refractivity contribution in [1.82, 2.24) is 0 Å². The van der Waals surface area contributed by atoms with Crippen molar-refractivity contribution in [3.05, 3.63) is 48.6 Å². The highest BCUT2D eigenvalue weighted by atomic mass is 31.2. The van der Waals surface area contributed by atoms with Crippen molar-refractivity contribution < 1.29 is 37.3 Å². The maximum absolute atomic E-state index is 12.7. The SMILES string of the molecule is CC/C=C\C/C=C\C/C=C\CCCCCCOCC(COP(=O)(O)OCC[N+](C)(C)C)OC(=O)CCCCCCCCCCC/C=C\CCCCCCCC. The minimum absolute atomic E-state index is 0.0824. The molecule has 2 atom stereocenters. The minimum atomic E-state index is -4.28. The summed E-state index contributed by atoms with van der Waals surface area (Å²) in [5.74, 6) is -0.325. The number of phosphoric acid groups is 1. The van der Waals surface area contributed by atoms with Crippen LogP contribution in [0, 0.1) is 0 Å². The Morgan fingerprint density at radius 2 is 1.05 bits per heavy atom. The number of hydrogen-bond acceptors (Lipinski definition) is 6. The van der Waals surface area contributed by atoms with E-state index in [1.54, 1.807) is 0 Å². The van der Waals surface area contributed by atoms with Gasteiger partial charge in [-0.05, 0) is 70.6 Å². The first-order valence-corrected chi connectivity index (χ1v) is 23.9. The molecule has 0 aliphatic carbocycles. The van der Waals surface area contributed by atoms with Gasteiger partial charge in [-0.15, -0.1) is 0 Å². The topological polar surface area (TPSA) is 91.3 Å². The molecule has 55 heavy (non-hydrogen) atoms. The molecule has 0 amide bonds. The number of quaternary nitrogens is 1. The number of phosphoric ester groups is 1. The van der Waals surface area contributed by atoms with Crippen molar-refractivity contribution in [2.24, 2.45) is 0 Å². The zero-order valence-corrected chi connectivity index (χ0v) is 37.3. The van der Waals surface area contributed by atoms with Crippen molar-refractivity contribution in [2.45, 2.75) is 187 Å². The molecular weight excluding hydrogens is 709 g/mol. The predicted molar refractivity (Wildman–Crippen MR) is 233 cm³/mol. The Bertz CT molecular complexity index is 1020. The van der Waals surface area contributed by atoms with Crippen LogP contribution in [0.2, 0.25) is 0 Å². The third-order valence-electron chi connectivity index (χ3n) is 9.37. The van der Waals surface area contributed by atoms with Gasteiger partial charge in [0.2, 0.25) is 0 Å². The van der Waals surface area contributed by atoms with Gasteiger partial charge in [0.05, 0.1) is 34.4 Å². The molecule has 0 aromatic carbocycles. The molecule has 0 bridgehead atoms. The molecule has 0 rings (SSSR count). The first-order valence-electron chi connectivity index (χ1n) is 22.4. The summed E-state index contributed by atoms with van der Waals surface area (Å²) in [5.41, 5.74) is 0. The van der Waals surface area contributed by atoms with Gasteiger partial charge < -0.3 is 18.9 Å². The molecule has 0 fully saturated rings. The highest BCUT2D eigenvalue weighted by molar-refractivity contribution is 7.47. The monoisotopic (exact) mass is 797 g/mol. The maximum Gasteiger partial charge on any atom is 0.472 e. The van der Waals surface area contributed by atoms with Crippen molar-refractivity contribution >= 4 is 13.8 Å². The molecule has 0 saturated carbocycles. The highest BCUT2D eigenvalue weighted by Crippen LogP contribution is 2.43. The Labute approximate surface area is 339 Å². The van der Waals surface area contributed by atoms with Gasteiger partial charge in [-0.1, -0.05) is 152 Å². The van der Waals surface area contributed by atoms with Gasteiger partial charge in [-0.2, -0.15) is 0 Å². The van der Waals surface area contributed by atoms with Crippen molar-refractivity contribution in [1.29, 1.82) is 0 Å². The Balaban J connectivity index is 4.24. The van der Waals surface area contributed by atoms with Crippen LogP contribution >= 0.6 is 7.82 Å². The van der Waals surface area contributed by atoms with Crippen LogP contribution < -0.4 is 0 Å². The summed E-state index contributed by atoms with van der Waals surface area (Å²) in [6.07, 6.45) is 47.2. The van der Waals surface area contributed by atoms with Gasteiger partial charge in [0.1, 0.15) is 19.3 Å². The molecule has 0 aromatic heterocycles. The molecule has 2 unspecified atom stereocenters. The van der Waals surface area contributed by atoms with E-state index in [0.29, 0.717) is 24.1 Å². The molecule has 322 valence electrons. The van der Waals surface area contributed by atoms with Gasteiger partial charge in [0.15, 0.2) is 0 Å². The fraction of sp³-hybridized carbons (Fsp3) is 0.804. The van der Waals surface area contributed by atoms with E-state index in [9.17, 15) is 14.3 Å². The van der Waals surface area contributed by atoms with Gasteiger partial charge in [-0.3, -0.25) is 13.8 Å². The summed E-state index contributed by atoms with van der Waals surface area (Å²) in [5, 5.41) is 0. The number of unbranched alkanes of at least 4 members (excludes halogenated alkanes) is 19. The van der Waals surface area contributed by atoms with E-state index < -0.39 is 13.9 Å². The van der Waals surface area contributed by atoms with E-state index in [-0.39, 0.29) is 25.8 Å². The number of carbonyl (C=O) groups excluding carboxylic acids is 1. The molecule has 0 aliphatic rings. The number of ether oxygens (including phenoxy) is 2. The van der Waals surface area contributed by atoms with Crippen LogP contribution in [0.15, 0.2) is 48.6 Å². The zero-order chi connectivity index (χ0) is 40.6. The van der Waals surface area contributed by atoms with Crippen molar-refractivity contribution in [3.8, 4) is 0 Å². The molecule has 0 saturated heterocycles. The standard InChI is InChI=1S/C46H86NO7P/c1-6-8-10-12-14-16-18-20-22-23-24-25-26-27-29-31-33-35-37-39-46(48)54-45(44-53-55(49,50)52-42-40-47(3,4)5)43-51-41-38-36-34-32-30-28-21-19-17-15-13-11-9-7-2/h9,11,15,17,20-22,28,45H,6-8,10,12-14,16,18-19,23-27,29-44H2,1-5H3/p+1/b11-9-,17-15-,22-20-,28-21-. The fourth-order valence-electron chi connectivity index (χ4n) is 5.91. The number of esters is 1. The number of likely N-dealkylation sites (N-methyl/N-ethyl adjacent to an activating group) is 1. The lowest BCUT2D eigenvalue weighted by Crippen LogP contribution is -2.37. The molecule has 0 heterocycles. The first kappa shape index (κ1) is 53.5. The van der Waals surface area contributed by atoms with Crippen LogP contribution in [0.5, 0.6) is 0 Å². The minimum Gasteiger partial charge on any atom is -0.457 e. The Morgan fingerprint density at radius 3 is 1.60 bits per heavy atom. The molecule has 1 N–H and O–H groups in total. The summed E-state index contributed by atoms with van der Waals surface area (Å²) in [4.78, 5) is 22.9. The second-order valence-electron chi connectivity index (χ2n) is 16.0. The summed E-state index contributed by atoms with van der Waals surface area (Å²) < 4.78 is 35.0. The smallest absolute Gasteiger partial charge is 0.457 e. The maximum atomic E-state index is 12.7. The Kier molecular flexibility index (Phi) is 38.2. The lowest BCUT2D eigenvalue weighted by atomic mass is 10.1. The quantitative estimate of drug-likeness (QED) is 0.0217. The van der Waals surface area contributed by atoms with E-state index >= 15 is 0 Å². The Morgan fingerprint density at radius 1 is 0.582 bits per heavy atom. The third kappa shape index (κ3) is 43.4. The van der Waals surface area contributed by atoms with E-state index in [4.69, 9.17) is 18.5 Å². The molecule has 0 aliphatic heterocycles. The molecule has 8 nitrogen and oxygen atoms in total. The molecular formula is C46H87NO7P+. The highest BCUT2D eigenvalue weighted by Gasteiger charge is 2.26. The van der Waals surface area contributed by atoms with Crippen molar-refractivity contribution in [2.75, 3.05) is 54.1 Å². The van der Waals surface area contributed by atoms with Crippen LogP contribution in [0.3, 0.4) is 0 Å². The number of allylic oxidation sites excluding steroid dienone is 8. The van der Waals surface area contributed by atoms with Gasteiger partial charge in [0, 0.05) is 13.0 Å². The van der Waals surface area contributed by atoms with Crippen LogP contribution in [0.4, 0.5) is 0 Å². The third-order valence-corrected chi connectivity index (χ3v) is 10.4. The van der Waals surface area contributed by atoms with Gasteiger partial charge in [0.25, 0.3) is 0 Å². The summed E-state index contributed by atoms with van der Waals surface area (Å²) in [6, 6.07) is 0. The van der Waals surface area contributed by atoms with Crippen LogP contribution in [0.1, 0.15) is 181 Å². The molecule has 9 heteroatoms. The fourth-order valence-corrected chi connectivity index (χ4v) is 6.66. The normalized spacial score (nSPS) is 14.2. The Hall–Kier alpha value is -1.54. The first-order chi connectivity index (χ1) is 26.6. The van der Waals surface area contributed by atoms with Crippen LogP contribution in [-0.4, -0.2) is 75.6 Å². The summed E-state index contributed by atoms with van der Waals surface area (Å²) in [6.45, 7) is 5.45. The van der Waals surface area contributed by atoms with E-state index in [0.717, 1.165) is 70.6 Å². The lowest BCUT2D eigenvalue weighted by molar-refractivity contribution is -0.870. The van der Waals surface area contributed by atoms with Crippen LogP contribution in [-0.2, 0) is 27.9 Å². The lowest BCUT2D eigenvalue weighted by Gasteiger charge is -2.24. The van der Waals surface area contributed by atoms with Crippen LogP contribution in [0.25, 0.3) is 0 Å². The number of carbonyl (C=O) groups is 1.